The van der Waals surface area contributed by atoms with Gasteiger partial charge in [-0.2, -0.15) is 0 Å². The molecule has 7 heteroatoms. The van der Waals surface area contributed by atoms with Gasteiger partial charge in [0.15, 0.2) is 6.23 Å². The second-order valence-electron chi connectivity index (χ2n) is 8.39. The van der Waals surface area contributed by atoms with Gasteiger partial charge in [0.2, 0.25) is 5.91 Å². The Bertz CT molecular complexity index is 423. The Kier molecular flexibility index (Phi) is 5.89. The molecule has 0 aromatic rings. The summed E-state index contributed by atoms with van der Waals surface area (Å²) in [6.45, 7) is 11.7. The molecule has 2 aliphatic rings. The SMILES string of the molecule is CO[C@@H]1[C@H]2OCO[C@H](NC(=O)CC[Si](C)(C)C)[C@H]2OCC1(C)C. The molecule has 0 bridgehead atoms. The van der Waals surface area contributed by atoms with Crippen molar-refractivity contribution in [1.82, 2.24) is 5.32 Å². The van der Waals surface area contributed by atoms with E-state index in [9.17, 15) is 4.79 Å². The van der Waals surface area contributed by atoms with E-state index in [4.69, 9.17) is 18.9 Å². The molecular weight excluding hydrogens is 314 g/mol. The predicted octanol–water partition coefficient (Wildman–Crippen LogP) is 1.97. The first-order chi connectivity index (χ1) is 10.6. The summed E-state index contributed by atoms with van der Waals surface area (Å²) < 4.78 is 22.9. The lowest BCUT2D eigenvalue weighted by molar-refractivity contribution is -0.311. The molecule has 0 radical (unpaired) electrons. The molecule has 2 aliphatic heterocycles. The van der Waals surface area contributed by atoms with Crippen molar-refractivity contribution in [2.45, 2.75) is 70.5 Å². The molecule has 23 heavy (non-hydrogen) atoms. The third kappa shape index (κ3) is 4.76. The van der Waals surface area contributed by atoms with Gasteiger partial charge in [0.25, 0.3) is 0 Å². The minimum atomic E-state index is -1.23. The van der Waals surface area contributed by atoms with Crippen LogP contribution < -0.4 is 5.32 Å². The summed E-state index contributed by atoms with van der Waals surface area (Å²) in [5.74, 6) is 0.0143. The third-order valence-electron chi connectivity index (χ3n) is 4.51. The van der Waals surface area contributed by atoms with E-state index in [0.717, 1.165) is 6.04 Å². The number of carbonyl (C=O) groups excluding carboxylic acids is 1. The predicted molar refractivity (Wildman–Crippen MR) is 89.8 cm³/mol. The fourth-order valence-corrected chi connectivity index (χ4v) is 4.11. The second kappa shape index (κ2) is 7.19. The number of amides is 1. The summed E-state index contributed by atoms with van der Waals surface area (Å²) in [6, 6.07) is 0.963. The Morgan fingerprint density at radius 1 is 1.22 bits per heavy atom. The molecule has 2 heterocycles. The highest BCUT2D eigenvalue weighted by atomic mass is 28.3. The van der Waals surface area contributed by atoms with Gasteiger partial charge >= 0.3 is 0 Å². The van der Waals surface area contributed by atoms with Crippen LogP contribution >= 0.6 is 0 Å². The average molecular weight is 346 g/mol. The fraction of sp³-hybridized carbons (Fsp3) is 0.938. The van der Waals surface area contributed by atoms with Crippen LogP contribution in [0.1, 0.15) is 20.3 Å². The van der Waals surface area contributed by atoms with Gasteiger partial charge in [0.05, 0.1) is 12.7 Å². The number of hydrogen-bond acceptors (Lipinski definition) is 5. The van der Waals surface area contributed by atoms with Gasteiger partial charge < -0.3 is 24.3 Å². The Morgan fingerprint density at radius 3 is 2.52 bits per heavy atom. The lowest BCUT2D eigenvalue weighted by Crippen LogP contribution is -2.65. The van der Waals surface area contributed by atoms with Crippen LogP contribution in [0.25, 0.3) is 0 Å². The molecule has 2 saturated heterocycles. The number of nitrogens with one attached hydrogen (secondary N) is 1. The molecule has 0 spiro atoms. The van der Waals surface area contributed by atoms with Crippen LogP contribution in [0.4, 0.5) is 0 Å². The van der Waals surface area contributed by atoms with Crippen molar-refractivity contribution in [2.75, 3.05) is 20.5 Å². The zero-order valence-electron chi connectivity index (χ0n) is 15.2. The van der Waals surface area contributed by atoms with Gasteiger partial charge in [-0.05, 0) is 6.04 Å². The molecule has 0 aliphatic carbocycles. The summed E-state index contributed by atoms with van der Waals surface area (Å²) in [7, 11) is 0.456. The van der Waals surface area contributed by atoms with Crippen molar-refractivity contribution in [3.8, 4) is 0 Å². The van der Waals surface area contributed by atoms with E-state index in [0.29, 0.717) is 13.0 Å². The van der Waals surface area contributed by atoms with Gasteiger partial charge in [-0.25, -0.2) is 0 Å². The monoisotopic (exact) mass is 345 g/mol. The van der Waals surface area contributed by atoms with E-state index in [2.05, 4.69) is 38.8 Å². The van der Waals surface area contributed by atoms with Crippen LogP contribution in [-0.2, 0) is 23.7 Å². The van der Waals surface area contributed by atoms with Crippen LogP contribution in [-0.4, -0.2) is 59.0 Å². The maximum Gasteiger partial charge on any atom is 0.221 e. The molecule has 0 saturated carbocycles. The maximum atomic E-state index is 12.2. The minimum Gasteiger partial charge on any atom is -0.378 e. The van der Waals surface area contributed by atoms with Crippen LogP contribution in [0.3, 0.4) is 0 Å². The van der Waals surface area contributed by atoms with Crippen LogP contribution in [0, 0.1) is 5.41 Å². The van der Waals surface area contributed by atoms with Crippen molar-refractivity contribution in [2.24, 2.45) is 5.41 Å². The van der Waals surface area contributed by atoms with E-state index in [-0.39, 0.29) is 36.4 Å². The first-order valence-corrected chi connectivity index (χ1v) is 12.0. The normalized spacial score (nSPS) is 33.8. The zero-order chi connectivity index (χ0) is 17.3. The molecule has 1 N–H and O–H groups in total. The zero-order valence-corrected chi connectivity index (χ0v) is 16.2. The van der Waals surface area contributed by atoms with E-state index in [1.165, 1.54) is 0 Å². The van der Waals surface area contributed by atoms with Gasteiger partial charge in [0.1, 0.15) is 19.0 Å². The van der Waals surface area contributed by atoms with E-state index in [1.54, 1.807) is 7.11 Å². The van der Waals surface area contributed by atoms with E-state index in [1.807, 2.05) is 0 Å². The van der Waals surface area contributed by atoms with Crippen molar-refractivity contribution in [3.63, 3.8) is 0 Å². The van der Waals surface area contributed by atoms with E-state index < -0.39 is 14.3 Å². The Balaban J connectivity index is 1.97. The number of ether oxygens (including phenoxy) is 4. The highest BCUT2D eigenvalue weighted by Crippen LogP contribution is 2.37. The van der Waals surface area contributed by atoms with Gasteiger partial charge in [-0.3, -0.25) is 4.79 Å². The molecule has 2 fully saturated rings. The van der Waals surface area contributed by atoms with Gasteiger partial charge in [-0.1, -0.05) is 33.5 Å². The summed E-state index contributed by atoms with van der Waals surface area (Å²) in [6.07, 6.45) is -0.604. The number of rotatable bonds is 5. The van der Waals surface area contributed by atoms with Crippen molar-refractivity contribution < 1.29 is 23.7 Å². The number of carbonyl (C=O) groups is 1. The molecule has 1 amide bonds. The van der Waals surface area contributed by atoms with Crippen LogP contribution in [0.5, 0.6) is 0 Å². The molecule has 6 nitrogen and oxygen atoms in total. The highest BCUT2D eigenvalue weighted by Gasteiger charge is 2.51. The first kappa shape index (κ1) is 18.9. The number of fused-ring (bicyclic) bond motifs is 1. The lowest BCUT2D eigenvalue weighted by Gasteiger charge is -2.50. The average Bonchev–Trinajstić information content (AvgIpc) is 2.44. The van der Waals surface area contributed by atoms with E-state index >= 15 is 0 Å². The summed E-state index contributed by atoms with van der Waals surface area (Å²) in [4.78, 5) is 12.2. The van der Waals surface area contributed by atoms with Gasteiger partial charge in [0, 0.05) is 27.0 Å². The van der Waals surface area contributed by atoms with Crippen LogP contribution in [0.2, 0.25) is 25.7 Å². The largest absolute Gasteiger partial charge is 0.378 e. The Hall–Kier alpha value is -0.473. The lowest BCUT2D eigenvalue weighted by atomic mass is 9.79. The smallest absolute Gasteiger partial charge is 0.221 e. The first-order valence-electron chi connectivity index (χ1n) is 8.31. The molecule has 0 aromatic carbocycles. The minimum absolute atomic E-state index is 0.0143. The molecule has 0 aromatic heterocycles. The van der Waals surface area contributed by atoms with Crippen molar-refractivity contribution in [1.29, 1.82) is 0 Å². The quantitative estimate of drug-likeness (QED) is 0.772. The number of hydrogen-bond donors (Lipinski definition) is 1. The molecular formula is C16H31NO5Si. The standard InChI is InChI=1S/C16H31NO5Si/c1-16(2)9-20-13-12(14(16)19-3)21-10-22-15(13)17-11(18)7-8-23(4,5)6/h12-15H,7-10H2,1-6H3,(H,17,18)/t12-,13-,14+,15-/m0/s1. The molecule has 0 unspecified atom stereocenters. The Labute approximate surface area is 140 Å². The highest BCUT2D eigenvalue weighted by molar-refractivity contribution is 6.76. The summed E-state index contributed by atoms with van der Waals surface area (Å²) in [5, 5.41) is 2.96. The molecule has 4 atom stereocenters. The topological polar surface area (TPSA) is 66.0 Å². The van der Waals surface area contributed by atoms with Crippen molar-refractivity contribution >= 4 is 14.0 Å². The number of methoxy groups -OCH3 is 1. The van der Waals surface area contributed by atoms with Gasteiger partial charge in [-0.15, -0.1) is 0 Å². The van der Waals surface area contributed by atoms with Crippen molar-refractivity contribution in [3.05, 3.63) is 0 Å². The maximum absolute atomic E-state index is 12.2. The molecule has 134 valence electrons. The third-order valence-corrected chi connectivity index (χ3v) is 6.26. The fourth-order valence-electron chi connectivity index (χ4n) is 3.13. The summed E-state index contributed by atoms with van der Waals surface area (Å²) >= 11 is 0. The second-order valence-corrected chi connectivity index (χ2v) is 14.0. The molecule has 2 rings (SSSR count). The van der Waals surface area contributed by atoms with Crippen LogP contribution in [0.15, 0.2) is 0 Å². The summed E-state index contributed by atoms with van der Waals surface area (Å²) in [5.41, 5.74) is -0.139. The Morgan fingerprint density at radius 2 is 1.91 bits per heavy atom.